The number of rotatable bonds is 4. The van der Waals surface area contributed by atoms with Crippen molar-refractivity contribution in [3.05, 3.63) is 253 Å². The Morgan fingerprint density at radius 3 is 1.30 bits per heavy atom. The number of aromatic nitrogens is 4. The summed E-state index contributed by atoms with van der Waals surface area (Å²) in [5.41, 5.74) is 21.0. The van der Waals surface area contributed by atoms with Crippen LogP contribution in [0.15, 0.2) is 231 Å². The SMILES string of the molecule is c1ccc(-n2c3ccccc3c3cc(-c4ccc5c(c4)c4cc(-c6ccc7c(c6)nc6n7-c7ccccc7C67c6ccccc6-c6ccccc67)ccc4n5-c4ccccc4)ccc32)cc1. The molecule has 0 amide bonds. The van der Waals surface area contributed by atoms with E-state index in [2.05, 4.69) is 244 Å². The van der Waals surface area contributed by atoms with Crippen molar-refractivity contribution in [3.63, 3.8) is 0 Å². The molecule has 0 saturated heterocycles. The Morgan fingerprint density at radius 1 is 0.303 bits per heavy atom. The fourth-order valence-corrected chi connectivity index (χ4v) is 11.9. The summed E-state index contributed by atoms with van der Waals surface area (Å²) in [6, 6.07) is 84.7. The van der Waals surface area contributed by atoms with Crippen molar-refractivity contribution in [2.75, 3.05) is 0 Å². The fourth-order valence-electron chi connectivity index (χ4n) is 11.9. The molecule has 0 radical (unpaired) electrons. The Kier molecular flexibility index (Phi) is 7.12. The second-order valence-electron chi connectivity index (χ2n) is 17.9. The summed E-state index contributed by atoms with van der Waals surface area (Å²) in [5.74, 6) is 1.06. The van der Waals surface area contributed by atoms with Crippen LogP contribution in [0, 0.1) is 0 Å². The molecule has 1 spiro atoms. The molecular weight excluding hydrogens is 801 g/mol. The third kappa shape index (κ3) is 4.64. The van der Waals surface area contributed by atoms with Crippen LogP contribution < -0.4 is 0 Å². The van der Waals surface area contributed by atoms with E-state index in [1.165, 1.54) is 88.2 Å². The van der Waals surface area contributed by atoms with Gasteiger partial charge in [-0.3, -0.25) is 4.57 Å². The van der Waals surface area contributed by atoms with Gasteiger partial charge >= 0.3 is 0 Å². The Labute approximate surface area is 380 Å². The number of imidazole rings is 1. The molecule has 66 heavy (non-hydrogen) atoms. The van der Waals surface area contributed by atoms with Crippen LogP contribution in [0.5, 0.6) is 0 Å². The minimum atomic E-state index is -0.498. The van der Waals surface area contributed by atoms with Gasteiger partial charge in [0.15, 0.2) is 0 Å². The summed E-state index contributed by atoms with van der Waals surface area (Å²) in [5, 5.41) is 4.94. The highest BCUT2D eigenvalue weighted by atomic mass is 15.1. The Balaban J connectivity index is 0.909. The lowest BCUT2D eigenvalue weighted by atomic mass is 9.73. The number of hydrogen-bond acceptors (Lipinski definition) is 1. The number of nitrogens with zero attached hydrogens (tertiary/aromatic N) is 4. The van der Waals surface area contributed by atoms with Gasteiger partial charge in [-0.1, -0.05) is 146 Å². The van der Waals surface area contributed by atoms with Crippen molar-refractivity contribution in [2.24, 2.45) is 0 Å². The molecule has 4 heterocycles. The van der Waals surface area contributed by atoms with Gasteiger partial charge in [0, 0.05) is 32.9 Å². The Bertz CT molecular complexity index is 4120. The van der Waals surface area contributed by atoms with Crippen molar-refractivity contribution < 1.29 is 0 Å². The molecule has 0 fully saturated rings. The standard InChI is InChI=1S/C62H38N4/c1-3-15-43(16-4-1)64-55-25-13-9-21-47(55)48-35-39(27-31-56(48)64)40-28-32-57-49(36-40)50-37-41(29-33-58(50)65(57)44-17-5-2-6-18-44)42-30-34-60-54(38-42)63-61-62(53-24-12-14-26-59(53)66(60)61)51-22-10-7-19-45(51)46-20-8-11-23-52(46)62/h1-38H. The van der Waals surface area contributed by atoms with E-state index in [1.54, 1.807) is 0 Å². The first-order valence-electron chi connectivity index (χ1n) is 22.8. The van der Waals surface area contributed by atoms with E-state index in [4.69, 9.17) is 4.98 Å². The monoisotopic (exact) mass is 838 g/mol. The lowest BCUT2D eigenvalue weighted by Crippen LogP contribution is -2.27. The minimum absolute atomic E-state index is 0.498. The van der Waals surface area contributed by atoms with Gasteiger partial charge in [-0.15, -0.1) is 0 Å². The van der Waals surface area contributed by atoms with Gasteiger partial charge < -0.3 is 9.13 Å². The Morgan fingerprint density at radius 2 is 0.727 bits per heavy atom. The number of para-hydroxylation sites is 4. The smallest absolute Gasteiger partial charge is 0.134 e. The first-order valence-corrected chi connectivity index (χ1v) is 22.8. The van der Waals surface area contributed by atoms with Gasteiger partial charge in [0.05, 0.1) is 38.8 Å². The molecule has 1 aliphatic heterocycles. The van der Waals surface area contributed by atoms with E-state index < -0.39 is 5.41 Å². The molecule has 10 aromatic carbocycles. The molecular formula is C62H38N4. The molecule has 2 aliphatic rings. The number of fused-ring (bicyclic) bond motifs is 18. The van der Waals surface area contributed by atoms with Crippen LogP contribution in [0.3, 0.4) is 0 Å². The van der Waals surface area contributed by atoms with Gasteiger partial charge in [0.2, 0.25) is 0 Å². The highest BCUT2D eigenvalue weighted by Crippen LogP contribution is 2.60. The molecule has 0 N–H and O–H groups in total. The van der Waals surface area contributed by atoms with Crippen molar-refractivity contribution >= 4 is 54.6 Å². The van der Waals surface area contributed by atoms with Crippen LogP contribution >= 0.6 is 0 Å². The minimum Gasteiger partial charge on any atom is -0.309 e. The molecule has 15 rings (SSSR count). The number of hydrogen-bond donors (Lipinski definition) is 0. The zero-order valence-electron chi connectivity index (χ0n) is 35.7. The Hall–Kier alpha value is -8.73. The maximum Gasteiger partial charge on any atom is 0.134 e. The van der Waals surface area contributed by atoms with Crippen molar-refractivity contribution in [2.45, 2.75) is 5.41 Å². The van der Waals surface area contributed by atoms with Crippen LogP contribution in [0.25, 0.3) is 105 Å². The van der Waals surface area contributed by atoms with Crippen molar-refractivity contribution in [1.82, 2.24) is 18.7 Å². The van der Waals surface area contributed by atoms with E-state index in [-0.39, 0.29) is 0 Å². The average molecular weight is 839 g/mol. The average Bonchev–Trinajstić information content (AvgIpc) is 4.17. The second-order valence-corrected chi connectivity index (χ2v) is 17.9. The molecule has 0 saturated carbocycles. The lowest BCUT2D eigenvalue weighted by molar-refractivity contribution is 0.738. The van der Waals surface area contributed by atoms with Gasteiger partial charge in [0.1, 0.15) is 11.2 Å². The first-order chi connectivity index (χ1) is 32.7. The van der Waals surface area contributed by atoms with Crippen LogP contribution in [-0.2, 0) is 5.41 Å². The molecule has 1 aliphatic carbocycles. The van der Waals surface area contributed by atoms with Crippen LogP contribution in [-0.4, -0.2) is 18.7 Å². The van der Waals surface area contributed by atoms with E-state index >= 15 is 0 Å². The van der Waals surface area contributed by atoms with Gasteiger partial charge in [-0.2, -0.15) is 0 Å². The number of benzene rings is 10. The predicted octanol–water partition coefficient (Wildman–Crippen LogP) is 15.2. The summed E-state index contributed by atoms with van der Waals surface area (Å²) < 4.78 is 7.21. The fraction of sp³-hybridized carbons (Fsp3) is 0.0161. The lowest BCUT2D eigenvalue weighted by Gasteiger charge is -2.27. The third-order valence-electron chi connectivity index (χ3n) is 14.6. The highest BCUT2D eigenvalue weighted by molar-refractivity contribution is 6.13. The first kappa shape index (κ1) is 35.7. The molecule has 4 nitrogen and oxygen atoms in total. The highest BCUT2D eigenvalue weighted by Gasteiger charge is 2.54. The van der Waals surface area contributed by atoms with Crippen LogP contribution in [0.1, 0.15) is 22.5 Å². The quantitative estimate of drug-likeness (QED) is 0.173. The van der Waals surface area contributed by atoms with E-state index in [0.29, 0.717) is 0 Å². The molecule has 0 atom stereocenters. The molecule has 0 bridgehead atoms. The largest absolute Gasteiger partial charge is 0.309 e. The van der Waals surface area contributed by atoms with E-state index in [1.807, 2.05) is 0 Å². The van der Waals surface area contributed by atoms with Gasteiger partial charge in [-0.05, 0) is 135 Å². The second kappa shape index (κ2) is 13.2. The molecule has 3 aromatic heterocycles. The molecule has 306 valence electrons. The zero-order chi connectivity index (χ0) is 43.1. The summed E-state index contributed by atoms with van der Waals surface area (Å²) >= 11 is 0. The zero-order valence-corrected chi connectivity index (χ0v) is 35.7. The summed E-state index contributed by atoms with van der Waals surface area (Å²) in [6.45, 7) is 0. The third-order valence-corrected chi connectivity index (χ3v) is 14.6. The predicted molar refractivity (Wildman–Crippen MR) is 271 cm³/mol. The normalized spacial score (nSPS) is 13.3. The summed E-state index contributed by atoms with van der Waals surface area (Å²) in [6.07, 6.45) is 0. The van der Waals surface area contributed by atoms with Crippen LogP contribution in [0.2, 0.25) is 0 Å². The van der Waals surface area contributed by atoms with Crippen molar-refractivity contribution in [3.8, 4) is 50.4 Å². The topological polar surface area (TPSA) is 27.7 Å². The van der Waals surface area contributed by atoms with Gasteiger partial charge in [-0.25, -0.2) is 4.98 Å². The van der Waals surface area contributed by atoms with Crippen molar-refractivity contribution in [1.29, 1.82) is 0 Å². The van der Waals surface area contributed by atoms with E-state index in [9.17, 15) is 0 Å². The van der Waals surface area contributed by atoms with Crippen LogP contribution in [0.4, 0.5) is 0 Å². The maximum absolute atomic E-state index is 5.64. The summed E-state index contributed by atoms with van der Waals surface area (Å²) in [4.78, 5) is 5.64. The molecule has 0 unspecified atom stereocenters. The summed E-state index contributed by atoms with van der Waals surface area (Å²) in [7, 11) is 0. The maximum atomic E-state index is 5.64. The van der Waals surface area contributed by atoms with Gasteiger partial charge in [0.25, 0.3) is 0 Å². The van der Waals surface area contributed by atoms with E-state index in [0.717, 1.165) is 39.4 Å². The molecule has 13 aromatic rings. The molecule has 4 heteroatoms.